The molecule has 0 aliphatic rings. The van der Waals surface area contributed by atoms with Crippen LogP contribution in [0.2, 0.25) is 5.02 Å². The van der Waals surface area contributed by atoms with Crippen molar-refractivity contribution in [2.45, 2.75) is 31.2 Å². The second kappa shape index (κ2) is 7.98. The summed E-state index contributed by atoms with van der Waals surface area (Å²) in [6.07, 6.45) is -2.05. The van der Waals surface area contributed by atoms with E-state index in [1.54, 1.807) is 4.72 Å². The molecule has 0 heterocycles. The van der Waals surface area contributed by atoms with Crippen LogP contribution in [-0.4, -0.2) is 27.9 Å². The fraction of sp³-hybridized carbons (Fsp3) is 0.500. The monoisotopic (exact) mass is 344 g/mol. The Hall–Kier alpha value is -0.830. The second-order valence-corrected chi connectivity index (χ2v) is 6.47. The minimum atomic E-state index is -4.38. The fourth-order valence-corrected chi connectivity index (χ4v) is 3.05. The number of alkyl halides is 2. The molecule has 0 radical (unpaired) electrons. The zero-order valence-corrected chi connectivity index (χ0v) is 12.9. The highest BCUT2D eigenvalue weighted by Gasteiger charge is 2.23. The third-order valence-electron chi connectivity index (χ3n) is 2.54. The highest BCUT2D eigenvalue weighted by Crippen LogP contribution is 2.23. The van der Waals surface area contributed by atoms with E-state index in [1.807, 2.05) is 6.92 Å². The molecule has 0 saturated heterocycles. The first-order valence-corrected chi connectivity index (χ1v) is 8.10. The second-order valence-electron chi connectivity index (χ2n) is 4.30. The van der Waals surface area contributed by atoms with Gasteiger partial charge in [0.25, 0.3) is 6.43 Å². The zero-order chi connectivity index (χ0) is 16.0. The van der Waals surface area contributed by atoms with Crippen LogP contribution in [-0.2, 0) is 16.6 Å². The molecule has 0 atom stereocenters. The van der Waals surface area contributed by atoms with E-state index in [1.165, 1.54) is 6.07 Å². The van der Waals surface area contributed by atoms with E-state index < -0.39 is 33.7 Å². The van der Waals surface area contributed by atoms with Gasteiger partial charge in [0.05, 0.1) is 6.54 Å². The Bertz CT molecular complexity index is 582. The minimum absolute atomic E-state index is 0.0159. The number of nitrogens with one attached hydrogen (secondary N) is 2. The molecule has 120 valence electrons. The van der Waals surface area contributed by atoms with Gasteiger partial charge in [0.15, 0.2) is 0 Å². The molecule has 4 nitrogen and oxygen atoms in total. The van der Waals surface area contributed by atoms with Crippen molar-refractivity contribution in [3.63, 3.8) is 0 Å². The Morgan fingerprint density at radius 2 is 2.00 bits per heavy atom. The van der Waals surface area contributed by atoms with Crippen LogP contribution in [0.1, 0.15) is 18.9 Å². The Labute approximate surface area is 126 Å². The van der Waals surface area contributed by atoms with Crippen LogP contribution in [0.3, 0.4) is 0 Å². The van der Waals surface area contributed by atoms with E-state index in [-0.39, 0.29) is 17.1 Å². The summed E-state index contributed by atoms with van der Waals surface area (Å²) in [5.41, 5.74) is 0.0633. The number of rotatable bonds is 8. The molecule has 1 aromatic rings. The lowest BCUT2D eigenvalue weighted by molar-refractivity contribution is 0.153. The van der Waals surface area contributed by atoms with E-state index >= 15 is 0 Å². The van der Waals surface area contributed by atoms with E-state index in [0.717, 1.165) is 12.5 Å². The summed E-state index contributed by atoms with van der Waals surface area (Å²) in [5, 5.41) is 2.93. The molecule has 0 aromatic heterocycles. The Morgan fingerprint density at radius 3 is 2.57 bits per heavy atom. The molecule has 9 heteroatoms. The van der Waals surface area contributed by atoms with Crippen LogP contribution in [0.4, 0.5) is 13.2 Å². The van der Waals surface area contributed by atoms with E-state index in [9.17, 15) is 21.6 Å². The summed E-state index contributed by atoms with van der Waals surface area (Å²) in [6, 6.07) is 2.19. The maximum atomic E-state index is 14.2. The van der Waals surface area contributed by atoms with Gasteiger partial charge in [-0.1, -0.05) is 18.5 Å². The third-order valence-corrected chi connectivity index (χ3v) is 4.18. The summed E-state index contributed by atoms with van der Waals surface area (Å²) in [5.74, 6) is -0.996. The highest BCUT2D eigenvalue weighted by atomic mass is 35.5. The number of halogens is 4. The standard InChI is InChI=1S/C12H16ClF3N2O2S/c1-2-3-17-6-8-4-9(13)5-10(12(8)16)21(19,20)18-7-11(14)15/h4-5,11,17-18H,2-3,6-7H2,1H3. The van der Waals surface area contributed by atoms with E-state index in [4.69, 9.17) is 11.6 Å². The number of benzene rings is 1. The van der Waals surface area contributed by atoms with Gasteiger partial charge in [-0.05, 0) is 25.1 Å². The van der Waals surface area contributed by atoms with Crippen LogP contribution in [0.25, 0.3) is 0 Å². The molecule has 0 aliphatic carbocycles. The fourth-order valence-electron chi connectivity index (χ4n) is 1.59. The minimum Gasteiger partial charge on any atom is -0.313 e. The summed E-state index contributed by atoms with van der Waals surface area (Å²) >= 11 is 5.77. The Balaban J connectivity index is 3.06. The van der Waals surface area contributed by atoms with Gasteiger partial charge >= 0.3 is 0 Å². The van der Waals surface area contributed by atoms with Crippen molar-refractivity contribution in [3.8, 4) is 0 Å². The van der Waals surface area contributed by atoms with Gasteiger partial charge in [0.2, 0.25) is 10.0 Å². The smallest absolute Gasteiger partial charge is 0.251 e. The van der Waals surface area contributed by atoms with Crippen molar-refractivity contribution in [1.29, 1.82) is 0 Å². The number of hydrogen-bond donors (Lipinski definition) is 2. The first-order valence-electron chi connectivity index (χ1n) is 6.24. The molecule has 0 bridgehead atoms. The van der Waals surface area contributed by atoms with Crippen molar-refractivity contribution in [2.75, 3.05) is 13.1 Å². The normalized spacial score (nSPS) is 12.1. The summed E-state index contributed by atoms with van der Waals surface area (Å²) < 4.78 is 63.7. The van der Waals surface area contributed by atoms with Gasteiger partial charge in [0.1, 0.15) is 10.7 Å². The van der Waals surface area contributed by atoms with Gasteiger partial charge in [0, 0.05) is 17.1 Å². The van der Waals surface area contributed by atoms with Crippen LogP contribution >= 0.6 is 11.6 Å². The molecule has 0 aliphatic heterocycles. The lowest BCUT2D eigenvalue weighted by Gasteiger charge is -2.12. The molecule has 0 saturated carbocycles. The molecule has 0 fully saturated rings. The van der Waals surface area contributed by atoms with Crippen molar-refractivity contribution < 1.29 is 21.6 Å². The molecule has 2 N–H and O–H groups in total. The van der Waals surface area contributed by atoms with Crippen LogP contribution in [0, 0.1) is 5.82 Å². The molecule has 0 amide bonds. The topological polar surface area (TPSA) is 58.2 Å². The average molecular weight is 345 g/mol. The molecular formula is C12H16ClF3N2O2S. The Kier molecular flexibility index (Phi) is 6.92. The van der Waals surface area contributed by atoms with E-state index in [0.29, 0.717) is 6.54 Å². The highest BCUT2D eigenvalue weighted by molar-refractivity contribution is 7.89. The van der Waals surface area contributed by atoms with Gasteiger partial charge < -0.3 is 5.32 Å². The molecule has 1 aromatic carbocycles. The van der Waals surface area contributed by atoms with Crippen LogP contribution < -0.4 is 10.0 Å². The van der Waals surface area contributed by atoms with Gasteiger partial charge in [-0.3, -0.25) is 0 Å². The first kappa shape index (κ1) is 18.2. The first-order chi connectivity index (χ1) is 9.77. The van der Waals surface area contributed by atoms with Crippen LogP contribution in [0.15, 0.2) is 17.0 Å². The van der Waals surface area contributed by atoms with Crippen molar-refractivity contribution in [3.05, 3.63) is 28.5 Å². The molecule has 21 heavy (non-hydrogen) atoms. The third kappa shape index (κ3) is 5.46. The SMILES string of the molecule is CCCNCc1cc(Cl)cc(S(=O)(=O)NCC(F)F)c1F. The predicted octanol–water partition coefficient (Wildman–Crippen LogP) is 2.52. The maximum absolute atomic E-state index is 14.2. The molecule has 0 unspecified atom stereocenters. The quantitative estimate of drug-likeness (QED) is 0.712. The number of sulfonamides is 1. The summed E-state index contributed by atoms with van der Waals surface area (Å²) in [7, 11) is -4.38. The van der Waals surface area contributed by atoms with Gasteiger partial charge in [-0.2, -0.15) is 0 Å². The van der Waals surface area contributed by atoms with Crippen LogP contribution in [0.5, 0.6) is 0 Å². The lowest BCUT2D eigenvalue weighted by Crippen LogP contribution is -2.29. The maximum Gasteiger partial charge on any atom is 0.251 e. The van der Waals surface area contributed by atoms with Gasteiger partial charge in [-0.15, -0.1) is 0 Å². The molecular weight excluding hydrogens is 329 g/mol. The van der Waals surface area contributed by atoms with Gasteiger partial charge in [-0.25, -0.2) is 26.3 Å². The largest absolute Gasteiger partial charge is 0.313 e. The summed E-state index contributed by atoms with van der Waals surface area (Å²) in [4.78, 5) is -0.732. The Morgan fingerprint density at radius 1 is 1.33 bits per heavy atom. The van der Waals surface area contributed by atoms with Crippen molar-refractivity contribution >= 4 is 21.6 Å². The molecule has 0 spiro atoms. The van der Waals surface area contributed by atoms with E-state index in [2.05, 4.69) is 5.32 Å². The van der Waals surface area contributed by atoms with Crippen molar-refractivity contribution in [1.82, 2.24) is 10.0 Å². The zero-order valence-electron chi connectivity index (χ0n) is 11.3. The molecule has 1 rings (SSSR count). The summed E-state index contributed by atoms with van der Waals surface area (Å²) in [6.45, 7) is 1.55. The lowest BCUT2D eigenvalue weighted by atomic mass is 10.2. The van der Waals surface area contributed by atoms with Crippen molar-refractivity contribution in [2.24, 2.45) is 0 Å². The number of hydrogen-bond acceptors (Lipinski definition) is 3. The predicted molar refractivity (Wildman–Crippen MR) is 74.6 cm³/mol. The average Bonchev–Trinajstić information content (AvgIpc) is 2.40.